The van der Waals surface area contributed by atoms with Crippen LogP contribution in [0.4, 0.5) is 0 Å². The molecular formula is C16H12Cl2O4. The second-order valence-corrected chi connectivity index (χ2v) is 5.38. The Labute approximate surface area is 136 Å². The molecular weight excluding hydrogens is 327 g/mol. The molecule has 0 aliphatic carbocycles. The van der Waals surface area contributed by atoms with Crippen molar-refractivity contribution in [3.05, 3.63) is 69.2 Å². The largest absolute Gasteiger partial charge is 0.478 e. The molecule has 0 amide bonds. The lowest BCUT2D eigenvalue weighted by Gasteiger charge is -2.16. The molecule has 1 unspecified atom stereocenters. The third kappa shape index (κ3) is 3.14. The van der Waals surface area contributed by atoms with Crippen molar-refractivity contribution in [2.24, 2.45) is 0 Å². The Bertz CT molecular complexity index is 714. The normalized spacial score (nSPS) is 12.0. The van der Waals surface area contributed by atoms with Gasteiger partial charge in [0.05, 0.1) is 33.7 Å². The van der Waals surface area contributed by atoms with Gasteiger partial charge in [-0.1, -0.05) is 53.5 Å². The van der Waals surface area contributed by atoms with E-state index in [1.165, 1.54) is 12.1 Å². The molecule has 0 bridgehead atoms. The number of aliphatic hydroxyl groups excluding tert-OH is 1. The highest BCUT2D eigenvalue weighted by molar-refractivity contribution is 6.41. The van der Waals surface area contributed by atoms with Crippen LogP contribution in [0, 0.1) is 0 Å². The fourth-order valence-corrected chi connectivity index (χ4v) is 2.78. The number of rotatable bonds is 5. The van der Waals surface area contributed by atoms with Gasteiger partial charge < -0.3 is 10.2 Å². The summed E-state index contributed by atoms with van der Waals surface area (Å²) in [7, 11) is 0. The van der Waals surface area contributed by atoms with E-state index < -0.39 is 24.3 Å². The molecule has 0 aliphatic rings. The molecule has 0 saturated heterocycles. The summed E-state index contributed by atoms with van der Waals surface area (Å²) in [4.78, 5) is 23.8. The standard InChI is InChI=1S/C16H12Cl2O4/c17-12-7-6-10(16(21)22)14(18)13(12)15(20)11(8-19)9-4-2-1-3-5-9/h1-7,11,19H,8H2,(H,21,22). The smallest absolute Gasteiger partial charge is 0.337 e. The van der Waals surface area contributed by atoms with Gasteiger partial charge in [-0.3, -0.25) is 4.79 Å². The third-order valence-electron chi connectivity index (χ3n) is 3.27. The second kappa shape index (κ2) is 6.92. The number of carbonyl (C=O) groups is 2. The fourth-order valence-electron chi connectivity index (χ4n) is 2.14. The number of Topliss-reactive ketones (excluding diaryl/α,β-unsaturated/α-hetero) is 1. The number of benzene rings is 2. The summed E-state index contributed by atoms with van der Waals surface area (Å²) in [6.45, 7) is -0.438. The number of aliphatic hydroxyl groups is 1. The Morgan fingerprint density at radius 3 is 2.23 bits per heavy atom. The van der Waals surface area contributed by atoms with E-state index in [-0.39, 0.29) is 21.2 Å². The highest BCUT2D eigenvalue weighted by Crippen LogP contribution is 2.33. The van der Waals surface area contributed by atoms with Crippen molar-refractivity contribution < 1.29 is 19.8 Å². The van der Waals surface area contributed by atoms with Gasteiger partial charge in [-0.2, -0.15) is 0 Å². The number of carbonyl (C=O) groups excluding carboxylic acids is 1. The Balaban J connectivity index is 2.53. The van der Waals surface area contributed by atoms with Gasteiger partial charge in [0.25, 0.3) is 0 Å². The summed E-state index contributed by atoms with van der Waals surface area (Å²) >= 11 is 12.0. The Morgan fingerprint density at radius 2 is 1.68 bits per heavy atom. The first-order valence-corrected chi connectivity index (χ1v) is 7.14. The van der Waals surface area contributed by atoms with Crippen LogP contribution in [0.2, 0.25) is 10.0 Å². The molecule has 114 valence electrons. The zero-order valence-corrected chi connectivity index (χ0v) is 12.8. The molecule has 22 heavy (non-hydrogen) atoms. The van der Waals surface area contributed by atoms with Crippen molar-refractivity contribution in [1.29, 1.82) is 0 Å². The van der Waals surface area contributed by atoms with E-state index in [0.717, 1.165) is 0 Å². The Kier molecular flexibility index (Phi) is 5.19. The number of hydrogen-bond donors (Lipinski definition) is 2. The van der Waals surface area contributed by atoms with Crippen LogP contribution >= 0.6 is 23.2 Å². The molecule has 0 aromatic heterocycles. The molecule has 0 radical (unpaired) electrons. The fraction of sp³-hybridized carbons (Fsp3) is 0.125. The molecule has 0 fully saturated rings. The molecule has 1 atom stereocenters. The summed E-state index contributed by atoms with van der Waals surface area (Å²) in [6.07, 6.45) is 0. The van der Waals surface area contributed by atoms with Gasteiger partial charge in [0, 0.05) is 0 Å². The molecule has 0 saturated carbocycles. The van der Waals surface area contributed by atoms with E-state index in [0.29, 0.717) is 5.56 Å². The Hall–Kier alpha value is -1.88. The van der Waals surface area contributed by atoms with E-state index in [4.69, 9.17) is 28.3 Å². The first-order valence-electron chi connectivity index (χ1n) is 6.38. The highest BCUT2D eigenvalue weighted by atomic mass is 35.5. The summed E-state index contributed by atoms with van der Waals surface area (Å²) in [6, 6.07) is 11.2. The van der Waals surface area contributed by atoms with Gasteiger partial charge in [-0.05, 0) is 17.7 Å². The molecule has 0 spiro atoms. The van der Waals surface area contributed by atoms with Gasteiger partial charge in [0.15, 0.2) is 5.78 Å². The number of ketones is 1. The van der Waals surface area contributed by atoms with Crippen LogP contribution in [-0.4, -0.2) is 28.6 Å². The van der Waals surface area contributed by atoms with Crippen molar-refractivity contribution in [3.8, 4) is 0 Å². The minimum Gasteiger partial charge on any atom is -0.478 e. The predicted molar refractivity (Wildman–Crippen MR) is 84.0 cm³/mol. The summed E-state index contributed by atoms with van der Waals surface area (Å²) in [5, 5.41) is 18.5. The van der Waals surface area contributed by atoms with Gasteiger partial charge in [-0.15, -0.1) is 0 Å². The SMILES string of the molecule is O=C(O)c1ccc(Cl)c(C(=O)C(CO)c2ccccc2)c1Cl. The zero-order chi connectivity index (χ0) is 16.3. The molecule has 2 rings (SSSR count). The van der Waals surface area contributed by atoms with Gasteiger partial charge in [0.2, 0.25) is 0 Å². The number of halogens is 2. The minimum absolute atomic E-state index is 0.0504. The number of hydrogen-bond acceptors (Lipinski definition) is 3. The zero-order valence-electron chi connectivity index (χ0n) is 11.3. The van der Waals surface area contributed by atoms with Crippen LogP contribution in [0.25, 0.3) is 0 Å². The van der Waals surface area contributed by atoms with E-state index >= 15 is 0 Å². The summed E-state index contributed by atoms with van der Waals surface area (Å²) < 4.78 is 0. The average molecular weight is 339 g/mol. The van der Waals surface area contributed by atoms with Crippen LogP contribution in [0.15, 0.2) is 42.5 Å². The minimum atomic E-state index is -1.25. The number of aromatic carboxylic acids is 1. The van der Waals surface area contributed by atoms with Crippen molar-refractivity contribution in [1.82, 2.24) is 0 Å². The molecule has 0 aliphatic heterocycles. The van der Waals surface area contributed by atoms with Gasteiger partial charge >= 0.3 is 5.97 Å². The van der Waals surface area contributed by atoms with Crippen LogP contribution in [0.1, 0.15) is 32.2 Å². The molecule has 2 N–H and O–H groups in total. The molecule has 6 heteroatoms. The van der Waals surface area contributed by atoms with Crippen LogP contribution in [0.3, 0.4) is 0 Å². The van der Waals surface area contributed by atoms with E-state index in [1.807, 2.05) is 0 Å². The molecule has 0 heterocycles. The van der Waals surface area contributed by atoms with E-state index in [1.54, 1.807) is 30.3 Å². The maximum Gasteiger partial charge on any atom is 0.337 e. The summed E-state index contributed by atoms with van der Waals surface area (Å²) in [5.41, 5.74) is 0.299. The lowest BCUT2D eigenvalue weighted by Crippen LogP contribution is -2.18. The second-order valence-electron chi connectivity index (χ2n) is 4.60. The van der Waals surface area contributed by atoms with Crippen molar-refractivity contribution in [3.63, 3.8) is 0 Å². The average Bonchev–Trinajstić information content (AvgIpc) is 2.48. The summed E-state index contributed by atoms with van der Waals surface area (Å²) in [5.74, 6) is -2.64. The monoisotopic (exact) mass is 338 g/mol. The Morgan fingerprint density at radius 1 is 1.05 bits per heavy atom. The molecule has 4 nitrogen and oxygen atoms in total. The quantitative estimate of drug-likeness (QED) is 0.816. The van der Waals surface area contributed by atoms with Crippen molar-refractivity contribution in [2.75, 3.05) is 6.61 Å². The predicted octanol–water partition coefficient (Wildman–Crippen LogP) is 3.65. The maximum absolute atomic E-state index is 12.7. The maximum atomic E-state index is 12.7. The lowest BCUT2D eigenvalue weighted by atomic mass is 9.90. The van der Waals surface area contributed by atoms with Crippen molar-refractivity contribution in [2.45, 2.75) is 5.92 Å². The van der Waals surface area contributed by atoms with Crippen molar-refractivity contribution >= 4 is 35.0 Å². The topological polar surface area (TPSA) is 74.6 Å². The molecule has 2 aromatic rings. The third-order valence-corrected chi connectivity index (χ3v) is 3.98. The first kappa shape index (κ1) is 16.5. The highest BCUT2D eigenvalue weighted by Gasteiger charge is 2.27. The number of carboxylic acids is 1. The van der Waals surface area contributed by atoms with Gasteiger partial charge in [0.1, 0.15) is 0 Å². The van der Waals surface area contributed by atoms with Crippen LogP contribution in [0.5, 0.6) is 0 Å². The number of carboxylic acid groups (broad SMARTS) is 1. The first-order chi connectivity index (χ1) is 10.5. The lowest BCUT2D eigenvalue weighted by molar-refractivity contribution is 0.0697. The van der Waals surface area contributed by atoms with E-state index in [9.17, 15) is 14.7 Å². The van der Waals surface area contributed by atoms with Gasteiger partial charge in [-0.25, -0.2) is 4.79 Å². The van der Waals surface area contributed by atoms with Crippen LogP contribution in [-0.2, 0) is 0 Å². The van der Waals surface area contributed by atoms with Crippen LogP contribution < -0.4 is 0 Å². The van der Waals surface area contributed by atoms with E-state index in [2.05, 4.69) is 0 Å². The molecule has 2 aromatic carbocycles.